The van der Waals surface area contributed by atoms with E-state index in [0.717, 1.165) is 84.9 Å². The number of amides is 1. The molecule has 168 valence electrons. The van der Waals surface area contributed by atoms with Crippen LogP contribution in [-0.2, 0) is 4.79 Å². The number of piperazine rings is 1. The molecule has 7 heteroatoms. The van der Waals surface area contributed by atoms with Crippen molar-refractivity contribution < 1.29 is 4.79 Å². The molecule has 2 saturated heterocycles. The molecule has 4 heterocycles. The first-order valence-corrected chi connectivity index (χ1v) is 12.6. The minimum absolute atomic E-state index is 0.280. The molecule has 0 saturated carbocycles. The monoisotopic (exact) mass is 457 g/mol. The van der Waals surface area contributed by atoms with Gasteiger partial charge in [-0.3, -0.25) is 9.69 Å². The van der Waals surface area contributed by atoms with Crippen LogP contribution in [0.15, 0.2) is 54.6 Å². The molecule has 2 aliphatic heterocycles. The van der Waals surface area contributed by atoms with Gasteiger partial charge in [0.2, 0.25) is 5.91 Å². The van der Waals surface area contributed by atoms with Crippen LogP contribution in [0.3, 0.4) is 0 Å². The lowest BCUT2D eigenvalue weighted by Crippen LogP contribution is -2.50. The van der Waals surface area contributed by atoms with Gasteiger partial charge >= 0.3 is 0 Å². The largest absolute Gasteiger partial charge is 0.354 e. The van der Waals surface area contributed by atoms with E-state index < -0.39 is 0 Å². The van der Waals surface area contributed by atoms with Gasteiger partial charge in [0, 0.05) is 50.2 Å². The first kappa shape index (κ1) is 20.6. The van der Waals surface area contributed by atoms with Crippen LogP contribution < -0.4 is 4.90 Å². The summed E-state index contributed by atoms with van der Waals surface area (Å²) in [6, 6.07) is 18.8. The molecule has 2 fully saturated rings. The number of aromatic nitrogens is 2. The molecule has 2 aromatic heterocycles. The smallest absolute Gasteiger partial charge is 0.236 e. The normalized spacial score (nSPS) is 17.3. The molecule has 0 unspecified atom stereocenters. The Morgan fingerprint density at radius 3 is 2.36 bits per heavy atom. The van der Waals surface area contributed by atoms with Crippen molar-refractivity contribution in [3.63, 3.8) is 0 Å². The van der Waals surface area contributed by atoms with Crippen molar-refractivity contribution in [3.05, 3.63) is 54.6 Å². The third kappa shape index (κ3) is 4.07. The van der Waals surface area contributed by atoms with Crippen molar-refractivity contribution in [2.75, 3.05) is 50.7 Å². The zero-order valence-electron chi connectivity index (χ0n) is 18.6. The van der Waals surface area contributed by atoms with Crippen molar-refractivity contribution >= 4 is 44.2 Å². The molecule has 0 N–H and O–H groups in total. The zero-order chi connectivity index (χ0) is 22.2. The van der Waals surface area contributed by atoms with Crippen LogP contribution in [-0.4, -0.2) is 71.5 Å². The highest BCUT2D eigenvalue weighted by Gasteiger charge is 2.24. The Morgan fingerprint density at radius 1 is 0.848 bits per heavy atom. The first-order valence-electron chi connectivity index (χ1n) is 11.8. The van der Waals surface area contributed by atoms with Crippen molar-refractivity contribution in [3.8, 4) is 10.6 Å². The Labute approximate surface area is 197 Å². The summed E-state index contributed by atoms with van der Waals surface area (Å²) in [7, 11) is 0. The maximum absolute atomic E-state index is 12.5. The minimum Gasteiger partial charge on any atom is -0.354 e. The number of benzene rings is 2. The van der Waals surface area contributed by atoms with Crippen molar-refractivity contribution in [1.82, 2.24) is 19.8 Å². The highest BCUT2D eigenvalue weighted by molar-refractivity contribution is 7.21. The fraction of sp³-hybridized carbons (Fsp3) is 0.346. The fourth-order valence-electron chi connectivity index (χ4n) is 4.88. The second-order valence-corrected chi connectivity index (χ2v) is 9.91. The number of rotatable bonds is 4. The maximum Gasteiger partial charge on any atom is 0.236 e. The second-order valence-electron chi connectivity index (χ2n) is 8.88. The minimum atomic E-state index is 0.280. The third-order valence-electron chi connectivity index (χ3n) is 6.74. The predicted octanol–water partition coefficient (Wildman–Crippen LogP) is 4.26. The summed E-state index contributed by atoms with van der Waals surface area (Å²) in [5, 5.41) is 2.17. The van der Waals surface area contributed by atoms with E-state index in [0.29, 0.717) is 6.54 Å². The lowest BCUT2D eigenvalue weighted by molar-refractivity contribution is -0.131. The van der Waals surface area contributed by atoms with Crippen LogP contribution in [0.5, 0.6) is 0 Å². The number of fused-ring (bicyclic) bond motifs is 2. The molecule has 1 amide bonds. The number of hydrogen-bond acceptors (Lipinski definition) is 6. The van der Waals surface area contributed by atoms with Crippen molar-refractivity contribution in [2.24, 2.45) is 0 Å². The van der Waals surface area contributed by atoms with Crippen molar-refractivity contribution in [2.45, 2.75) is 12.8 Å². The number of thiazole rings is 1. The number of likely N-dealkylation sites (tertiary alicyclic amines) is 1. The molecule has 2 aromatic carbocycles. The molecule has 0 bridgehead atoms. The Balaban J connectivity index is 1.25. The summed E-state index contributed by atoms with van der Waals surface area (Å²) in [5.41, 5.74) is 3.18. The summed E-state index contributed by atoms with van der Waals surface area (Å²) in [6.45, 7) is 5.89. The molecular weight excluding hydrogens is 430 g/mol. The van der Waals surface area contributed by atoms with Crippen LogP contribution in [0.25, 0.3) is 31.7 Å². The Morgan fingerprint density at radius 2 is 1.58 bits per heavy atom. The number of hydrogen-bond donors (Lipinski definition) is 0. The maximum atomic E-state index is 12.5. The number of nitrogens with zero attached hydrogens (tertiary/aromatic N) is 5. The summed E-state index contributed by atoms with van der Waals surface area (Å²) >= 11 is 1.73. The van der Waals surface area contributed by atoms with Crippen LogP contribution in [0.1, 0.15) is 12.8 Å². The number of para-hydroxylation sites is 2. The molecule has 6 nitrogen and oxygen atoms in total. The molecule has 2 aliphatic rings. The van der Waals surface area contributed by atoms with Crippen molar-refractivity contribution in [1.29, 1.82) is 0 Å². The van der Waals surface area contributed by atoms with E-state index >= 15 is 0 Å². The van der Waals surface area contributed by atoms with Gasteiger partial charge in [-0.15, -0.1) is 11.3 Å². The highest BCUT2D eigenvalue weighted by Crippen LogP contribution is 2.36. The topological polar surface area (TPSA) is 52.6 Å². The molecule has 0 radical (unpaired) electrons. The van der Waals surface area contributed by atoms with E-state index in [1.807, 2.05) is 17.0 Å². The van der Waals surface area contributed by atoms with E-state index in [2.05, 4.69) is 52.3 Å². The van der Waals surface area contributed by atoms with Gasteiger partial charge in [-0.25, -0.2) is 9.97 Å². The third-order valence-corrected chi connectivity index (χ3v) is 7.81. The molecule has 6 rings (SSSR count). The second kappa shape index (κ2) is 8.72. The number of carbonyl (C=O) groups is 1. The first-order chi connectivity index (χ1) is 16.2. The van der Waals surface area contributed by atoms with Crippen LogP contribution in [0.2, 0.25) is 0 Å². The lowest BCUT2D eigenvalue weighted by atomic mass is 10.1. The van der Waals surface area contributed by atoms with Crippen LogP contribution in [0.4, 0.5) is 5.82 Å². The molecule has 0 spiro atoms. The Bertz CT molecular complexity index is 1270. The van der Waals surface area contributed by atoms with E-state index in [4.69, 9.17) is 9.97 Å². The molecular formula is C26H27N5OS. The van der Waals surface area contributed by atoms with E-state index in [1.165, 1.54) is 4.70 Å². The van der Waals surface area contributed by atoms with E-state index in [-0.39, 0.29) is 5.91 Å². The van der Waals surface area contributed by atoms with Gasteiger partial charge in [0.1, 0.15) is 10.8 Å². The number of pyridine rings is 1. The van der Waals surface area contributed by atoms with E-state index in [1.54, 1.807) is 11.3 Å². The van der Waals surface area contributed by atoms with Gasteiger partial charge in [0.05, 0.1) is 22.3 Å². The molecule has 4 aromatic rings. The Kier molecular flexibility index (Phi) is 5.44. The SMILES string of the molecule is O=C(CN1CCN(c2cc(-c3nc4ccccc4s3)c3ccccc3n2)CC1)N1CCCC1. The average molecular weight is 458 g/mol. The van der Waals surface area contributed by atoms with Gasteiger partial charge in [-0.2, -0.15) is 0 Å². The summed E-state index contributed by atoms with van der Waals surface area (Å²) in [6.07, 6.45) is 2.29. The predicted molar refractivity (Wildman–Crippen MR) is 135 cm³/mol. The van der Waals surface area contributed by atoms with Gasteiger partial charge in [-0.05, 0) is 37.1 Å². The summed E-state index contributed by atoms with van der Waals surface area (Å²) in [5.74, 6) is 1.27. The zero-order valence-corrected chi connectivity index (χ0v) is 19.4. The van der Waals surface area contributed by atoms with Gasteiger partial charge < -0.3 is 9.80 Å². The van der Waals surface area contributed by atoms with Crippen LogP contribution >= 0.6 is 11.3 Å². The van der Waals surface area contributed by atoms with Gasteiger partial charge in [-0.1, -0.05) is 30.3 Å². The molecule has 0 atom stereocenters. The quantitative estimate of drug-likeness (QED) is 0.458. The summed E-state index contributed by atoms with van der Waals surface area (Å²) < 4.78 is 1.20. The van der Waals surface area contributed by atoms with Gasteiger partial charge in [0.15, 0.2) is 0 Å². The van der Waals surface area contributed by atoms with E-state index in [9.17, 15) is 4.79 Å². The standard InChI is InChI=1S/C26H27N5OS/c32-25(31-11-5-6-12-31)18-29-13-15-30(16-14-29)24-17-20(19-7-1-2-8-21(19)27-24)26-28-22-9-3-4-10-23(22)33-26/h1-4,7-10,17H,5-6,11-16,18H2. The van der Waals surface area contributed by atoms with Crippen LogP contribution in [0, 0.1) is 0 Å². The van der Waals surface area contributed by atoms with Gasteiger partial charge in [0.25, 0.3) is 0 Å². The Hall–Kier alpha value is -3.03. The lowest BCUT2D eigenvalue weighted by Gasteiger charge is -2.35. The highest BCUT2D eigenvalue weighted by atomic mass is 32.1. The average Bonchev–Trinajstić information content (AvgIpc) is 3.54. The molecule has 33 heavy (non-hydrogen) atoms. The summed E-state index contributed by atoms with van der Waals surface area (Å²) in [4.78, 5) is 29.1. The molecule has 0 aliphatic carbocycles. The number of carbonyl (C=O) groups excluding carboxylic acids is 1. The fourth-order valence-corrected chi connectivity index (χ4v) is 5.88. The number of anilines is 1.